The molecule has 1 aromatic rings. The molecule has 90 valence electrons. The number of hydrogen-bond acceptors (Lipinski definition) is 5. The van der Waals surface area contributed by atoms with E-state index in [1.54, 1.807) is 0 Å². The lowest BCUT2D eigenvalue weighted by atomic mass is 10.2. The molecule has 0 saturated carbocycles. The van der Waals surface area contributed by atoms with Crippen molar-refractivity contribution >= 4 is 15.7 Å². The van der Waals surface area contributed by atoms with Crippen LogP contribution >= 0.6 is 0 Å². The van der Waals surface area contributed by atoms with Gasteiger partial charge in [0.05, 0.1) is 24.2 Å². The molecule has 0 aliphatic carbocycles. The lowest BCUT2D eigenvalue weighted by molar-refractivity contribution is 0.204. The molecule has 1 aromatic carbocycles. The van der Waals surface area contributed by atoms with Gasteiger partial charge in [-0.05, 0) is 24.3 Å². The van der Waals surface area contributed by atoms with Crippen LogP contribution in [0.5, 0.6) is 0 Å². The summed E-state index contributed by atoms with van der Waals surface area (Å²) in [7, 11) is -3.69. The van der Waals surface area contributed by atoms with Gasteiger partial charge in [0.25, 0.3) is 0 Å². The minimum absolute atomic E-state index is 0.0163. The summed E-state index contributed by atoms with van der Waals surface area (Å²) in [5, 5.41) is 25.4. The summed E-state index contributed by atoms with van der Waals surface area (Å²) >= 11 is 0. The number of primary sulfonamides is 1. The van der Waals surface area contributed by atoms with Gasteiger partial charge in [0.15, 0.2) is 0 Å². The number of sulfonamides is 1. The molecule has 0 amide bonds. The Bertz CT molecular complexity index is 425. The summed E-state index contributed by atoms with van der Waals surface area (Å²) in [5.74, 6) is 0. The van der Waals surface area contributed by atoms with Crippen LogP contribution < -0.4 is 10.5 Å². The highest BCUT2D eigenvalue weighted by atomic mass is 32.2. The van der Waals surface area contributed by atoms with E-state index in [0.717, 1.165) is 0 Å². The molecule has 6 nitrogen and oxygen atoms in total. The van der Waals surface area contributed by atoms with E-state index in [0.29, 0.717) is 5.69 Å². The number of anilines is 1. The highest BCUT2D eigenvalue weighted by Crippen LogP contribution is 2.13. The number of hydrogen-bond donors (Lipinski definition) is 4. The van der Waals surface area contributed by atoms with Gasteiger partial charge in [-0.3, -0.25) is 0 Å². The SMILES string of the molecule is NS(=O)(=O)c1ccc(NC(CO)CO)cc1. The molecule has 0 aromatic heterocycles. The third-order valence-electron chi connectivity index (χ3n) is 1.99. The Morgan fingerprint density at radius 2 is 1.69 bits per heavy atom. The summed E-state index contributed by atoms with van der Waals surface area (Å²) in [5.41, 5.74) is 0.598. The van der Waals surface area contributed by atoms with E-state index in [4.69, 9.17) is 15.4 Å². The Hall–Kier alpha value is -1.15. The molecule has 0 aliphatic rings. The second-order valence-electron chi connectivity index (χ2n) is 3.28. The smallest absolute Gasteiger partial charge is 0.238 e. The maximum absolute atomic E-state index is 11.0. The first kappa shape index (κ1) is 12.9. The summed E-state index contributed by atoms with van der Waals surface area (Å²) in [6.07, 6.45) is 0. The Morgan fingerprint density at radius 1 is 1.19 bits per heavy atom. The number of nitrogens with two attached hydrogens (primary N) is 1. The Labute approximate surface area is 93.8 Å². The largest absolute Gasteiger partial charge is 0.394 e. The van der Waals surface area contributed by atoms with Gasteiger partial charge in [-0.1, -0.05) is 0 Å². The monoisotopic (exact) mass is 246 g/mol. The summed E-state index contributed by atoms with van der Waals surface area (Å²) < 4.78 is 21.9. The molecule has 0 radical (unpaired) electrons. The quantitative estimate of drug-likeness (QED) is 0.538. The maximum atomic E-state index is 11.0. The number of rotatable bonds is 5. The highest BCUT2D eigenvalue weighted by molar-refractivity contribution is 7.89. The lowest BCUT2D eigenvalue weighted by Gasteiger charge is -2.14. The zero-order valence-electron chi connectivity index (χ0n) is 8.50. The summed E-state index contributed by atoms with van der Waals surface area (Å²) in [6, 6.07) is 5.25. The van der Waals surface area contributed by atoms with Gasteiger partial charge >= 0.3 is 0 Å². The van der Waals surface area contributed by atoms with Crippen LogP contribution in [-0.4, -0.2) is 37.9 Å². The van der Waals surface area contributed by atoms with Crippen LogP contribution in [0.15, 0.2) is 29.2 Å². The van der Waals surface area contributed by atoms with Crippen LogP contribution in [0.1, 0.15) is 0 Å². The standard InChI is InChI=1S/C9H14N2O4S/c10-16(14,15)9-3-1-7(2-4-9)11-8(5-12)6-13/h1-4,8,11-13H,5-6H2,(H2,10,14,15). The van der Waals surface area contributed by atoms with Crippen molar-refractivity contribution in [1.29, 1.82) is 0 Å². The van der Waals surface area contributed by atoms with Crippen LogP contribution in [0.3, 0.4) is 0 Å². The minimum atomic E-state index is -3.69. The van der Waals surface area contributed by atoms with E-state index in [1.807, 2.05) is 0 Å². The predicted octanol–water partition coefficient (Wildman–Crippen LogP) is -0.901. The van der Waals surface area contributed by atoms with Crippen LogP contribution in [0.4, 0.5) is 5.69 Å². The van der Waals surface area contributed by atoms with E-state index < -0.39 is 16.1 Å². The number of aliphatic hydroxyl groups is 2. The van der Waals surface area contributed by atoms with E-state index in [-0.39, 0.29) is 18.1 Å². The fourth-order valence-electron chi connectivity index (χ4n) is 1.13. The Balaban J connectivity index is 2.80. The van der Waals surface area contributed by atoms with Gasteiger partial charge < -0.3 is 15.5 Å². The molecule has 16 heavy (non-hydrogen) atoms. The number of benzene rings is 1. The molecule has 0 aliphatic heterocycles. The van der Waals surface area contributed by atoms with Gasteiger partial charge in [-0.15, -0.1) is 0 Å². The van der Waals surface area contributed by atoms with Crippen molar-refractivity contribution in [1.82, 2.24) is 0 Å². The van der Waals surface area contributed by atoms with E-state index in [2.05, 4.69) is 5.32 Å². The summed E-state index contributed by atoms with van der Waals surface area (Å²) in [4.78, 5) is 0.0163. The summed E-state index contributed by atoms with van der Waals surface area (Å²) in [6.45, 7) is -0.430. The molecule has 0 heterocycles. The molecule has 0 spiro atoms. The normalized spacial score (nSPS) is 11.8. The molecule has 7 heteroatoms. The van der Waals surface area contributed by atoms with E-state index >= 15 is 0 Å². The average molecular weight is 246 g/mol. The first-order valence-corrected chi connectivity index (χ1v) is 6.13. The first-order valence-electron chi connectivity index (χ1n) is 4.58. The van der Waals surface area contributed by atoms with Crippen LogP contribution in [0.25, 0.3) is 0 Å². The van der Waals surface area contributed by atoms with Crippen molar-refractivity contribution in [3.8, 4) is 0 Å². The minimum Gasteiger partial charge on any atom is -0.394 e. The number of nitrogens with one attached hydrogen (secondary N) is 1. The third-order valence-corrected chi connectivity index (χ3v) is 2.92. The van der Waals surface area contributed by atoms with Crippen molar-refractivity contribution in [3.05, 3.63) is 24.3 Å². The van der Waals surface area contributed by atoms with Gasteiger partial charge in [-0.25, -0.2) is 13.6 Å². The van der Waals surface area contributed by atoms with Crippen molar-refractivity contribution < 1.29 is 18.6 Å². The molecule has 0 atom stereocenters. The molecular weight excluding hydrogens is 232 g/mol. The van der Waals surface area contributed by atoms with Gasteiger partial charge in [0.2, 0.25) is 10.0 Å². The number of aliphatic hydroxyl groups excluding tert-OH is 2. The second kappa shape index (κ2) is 5.26. The molecule has 0 fully saturated rings. The molecule has 0 unspecified atom stereocenters. The molecule has 0 saturated heterocycles. The maximum Gasteiger partial charge on any atom is 0.238 e. The van der Waals surface area contributed by atoms with Crippen molar-refractivity contribution in [3.63, 3.8) is 0 Å². The van der Waals surface area contributed by atoms with Crippen molar-refractivity contribution in [2.45, 2.75) is 10.9 Å². The molecular formula is C9H14N2O4S. The van der Waals surface area contributed by atoms with Crippen molar-refractivity contribution in [2.75, 3.05) is 18.5 Å². The zero-order chi connectivity index (χ0) is 12.2. The predicted molar refractivity (Wildman–Crippen MR) is 59.4 cm³/mol. The van der Waals surface area contributed by atoms with E-state index in [1.165, 1.54) is 24.3 Å². The molecule has 0 bridgehead atoms. The Kier molecular flexibility index (Phi) is 4.25. The molecule has 5 N–H and O–H groups in total. The average Bonchev–Trinajstić information content (AvgIpc) is 2.25. The van der Waals surface area contributed by atoms with Crippen molar-refractivity contribution in [2.24, 2.45) is 5.14 Å². The van der Waals surface area contributed by atoms with Gasteiger partial charge in [0.1, 0.15) is 0 Å². The van der Waals surface area contributed by atoms with Crippen LogP contribution in [-0.2, 0) is 10.0 Å². The topological polar surface area (TPSA) is 113 Å². The lowest BCUT2D eigenvalue weighted by Crippen LogP contribution is -2.27. The van der Waals surface area contributed by atoms with Gasteiger partial charge in [0, 0.05) is 5.69 Å². The fourth-order valence-corrected chi connectivity index (χ4v) is 1.64. The van der Waals surface area contributed by atoms with E-state index in [9.17, 15) is 8.42 Å². The first-order chi connectivity index (χ1) is 7.47. The van der Waals surface area contributed by atoms with Crippen LogP contribution in [0.2, 0.25) is 0 Å². The zero-order valence-corrected chi connectivity index (χ0v) is 9.31. The molecule has 1 rings (SSSR count). The highest BCUT2D eigenvalue weighted by Gasteiger charge is 2.08. The second-order valence-corrected chi connectivity index (χ2v) is 4.84. The Morgan fingerprint density at radius 3 is 2.06 bits per heavy atom. The fraction of sp³-hybridized carbons (Fsp3) is 0.333. The van der Waals surface area contributed by atoms with Gasteiger partial charge in [-0.2, -0.15) is 0 Å². The van der Waals surface area contributed by atoms with Crippen LogP contribution in [0, 0.1) is 0 Å². The third kappa shape index (κ3) is 3.46.